The second-order valence-electron chi connectivity index (χ2n) is 9.10. The fourth-order valence-electron chi connectivity index (χ4n) is 4.80. The number of hydrogen-bond donors (Lipinski definition) is 1. The van der Waals surface area contributed by atoms with E-state index in [1.807, 2.05) is 0 Å². The van der Waals surface area contributed by atoms with Crippen molar-refractivity contribution in [1.82, 2.24) is 24.4 Å². The SMILES string of the molecule is CNC(=O)c1ccc(-n2c(=O)c3c(n4ncc(CC#N)c24)CN(C(=O)c2ccc(Br)c(C(F)(F)F)c2)CC3)cc1. The lowest BCUT2D eigenvalue weighted by Gasteiger charge is -2.30. The normalized spacial score (nSPS) is 13.2. The lowest BCUT2D eigenvalue weighted by atomic mass is 10.0. The maximum Gasteiger partial charge on any atom is 0.417 e. The van der Waals surface area contributed by atoms with Crippen LogP contribution in [0.3, 0.4) is 0 Å². The first-order valence-corrected chi connectivity index (χ1v) is 12.8. The van der Waals surface area contributed by atoms with Crippen molar-refractivity contribution in [1.29, 1.82) is 5.26 Å². The first kappa shape index (κ1) is 27.1. The monoisotopic (exact) mass is 612 g/mol. The zero-order valence-electron chi connectivity index (χ0n) is 20.9. The zero-order chi connectivity index (χ0) is 28.8. The van der Waals surface area contributed by atoms with Crippen molar-refractivity contribution in [2.24, 2.45) is 0 Å². The molecule has 0 unspecified atom stereocenters. The van der Waals surface area contributed by atoms with E-state index in [-0.39, 0.29) is 47.4 Å². The average Bonchev–Trinajstić information content (AvgIpc) is 3.35. The third-order valence-electron chi connectivity index (χ3n) is 6.76. The van der Waals surface area contributed by atoms with Gasteiger partial charge in [0.2, 0.25) is 0 Å². The van der Waals surface area contributed by atoms with Gasteiger partial charge < -0.3 is 10.2 Å². The van der Waals surface area contributed by atoms with Crippen LogP contribution >= 0.6 is 15.9 Å². The largest absolute Gasteiger partial charge is 0.417 e. The molecular formula is C27H20BrF3N6O3. The summed E-state index contributed by atoms with van der Waals surface area (Å²) >= 11 is 2.89. The molecule has 0 radical (unpaired) electrons. The molecule has 0 spiro atoms. The third-order valence-corrected chi connectivity index (χ3v) is 7.45. The van der Waals surface area contributed by atoms with E-state index in [4.69, 9.17) is 0 Å². The average molecular weight is 613 g/mol. The summed E-state index contributed by atoms with van der Waals surface area (Å²) in [7, 11) is 1.51. The van der Waals surface area contributed by atoms with Gasteiger partial charge in [-0.1, -0.05) is 15.9 Å². The molecule has 1 aliphatic rings. The molecule has 0 atom stereocenters. The molecule has 3 heterocycles. The molecular weight excluding hydrogens is 593 g/mol. The van der Waals surface area contributed by atoms with Crippen LogP contribution in [0.4, 0.5) is 13.2 Å². The standard InChI is InChI=1S/C27H20BrF3N6O3/c1-33-23(38)15-2-5-18(6-3-15)36-24-17(8-10-32)13-34-37(24)22-14-35(11-9-19(22)26(36)40)25(39)16-4-7-21(28)20(12-16)27(29,30)31/h2-7,12-13H,8-9,11,14H2,1H3,(H,33,38). The highest BCUT2D eigenvalue weighted by atomic mass is 79.9. The van der Waals surface area contributed by atoms with Crippen LogP contribution in [0.1, 0.15) is 43.1 Å². The van der Waals surface area contributed by atoms with Gasteiger partial charge in [0.05, 0.1) is 42.2 Å². The second-order valence-corrected chi connectivity index (χ2v) is 9.96. The van der Waals surface area contributed by atoms with E-state index in [2.05, 4.69) is 32.4 Å². The van der Waals surface area contributed by atoms with Crippen molar-refractivity contribution in [2.75, 3.05) is 13.6 Å². The summed E-state index contributed by atoms with van der Waals surface area (Å²) in [6.07, 6.45) is -3.08. The number of carbonyl (C=O) groups excluding carboxylic acids is 2. The highest BCUT2D eigenvalue weighted by molar-refractivity contribution is 9.10. The smallest absolute Gasteiger partial charge is 0.355 e. The van der Waals surface area contributed by atoms with E-state index in [1.165, 1.54) is 39.4 Å². The number of nitrogens with zero attached hydrogens (tertiary/aromatic N) is 5. The fraction of sp³-hybridized carbons (Fsp3) is 0.222. The van der Waals surface area contributed by atoms with Crippen molar-refractivity contribution in [3.8, 4) is 11.8 Å². The number of hydrogen-bond acceptors (Lipinski definition) is 5. The maximum absolute atomic E-state index is 13.8. The summed E-state index contributed by atoms with van der Waals surface area (Å²) in [5, 5.41) is 16.3. The van der Waals surface area contributed by atoms with E-state index in [0.717, 1.165) is 6.07 Å². The van der Waals surface area contributed by atoms with Gasteiger partial charge in [0.1, 0.15) is 5.65 Å². The molecule has 0 saturated carbocycles. The summed E-state index contributed by atoms with van der Waals surface area (Å²) in [6, 6.07) is 11.7. The van der Waals surface area contributed by atoms with Gasteiger partial charge in [0, 0.05) is 40.3 Å². The molecule has 0 aliphatic carbocycles. The number of nitriles is 1. The Morgan fingerprint density at radius 1 is 1.15 bits per heavy atom. The molecule has 13 heteroatoms. The predicted octanol–water partition coefficient (Wildman–Crippen LogP) is 3.89. The van der Waals surface area contributed by atoms with Crippen LogP contribution < -0.4 is 10.9 Å². The van der Waals surface area contributed by atoms with Crippen LogP contribution in [0.5, 0.6) is 0 Å². The molecule has 4 aromatic rings. The number of alkyl halides is 3. The minimum atomic E-state index is -4.65. The quantitative estimate of drug-likeness (QED) is 0.376. The van der Waals surface area contributed by atoms with Gasteiger partial charge in [-0.05, 0) is 48.9 Å². The van der Waals surface area contributed by atoms with Gasteiger partial charge in [0.25, 0.3) is 17.4 Å². The van der Waals surface area contributed by atoms with E-state index < -0.39 is 17.6 Å². The zero-order valence-corrected chi connectivity index (χ0v) is 22.5. The van der Waals surface area contributed by atoms with Crippen LogP contribution in [-0.4, -0.2) is 44.5 Å². The molecule has 0 bridgehead atoms. The van der Waals surface area contributed by atoms with Crippen LogP contribution in [0.15, 0.2) is 57.9 Å². The Morgan fingerprint density at radius 2 is 1.85 bits per heavy atom. The summed E-state index contributed by atoms with van der Waals surface area (Å²) in [6.45, 7) is 0.0351. The summed E-state index contributed by atoms with van der Waals surface area (Å²) in [5.74, 6) is -0.905. The first-order valence-electron chi connectivity index (χ1n) is 12.0. The van der Waals surface area contributed by atoms with Crippen molar-refractivity contribution in [3.63, 3.8) is 0 Å². The number of halogens is 4. The van der Waals surface area contributed by atoms with Crippen molar-refractivity contribution in [3.05, 3.63) is 97.0 Å². The number of benzene rings is 2. The Labute approximate surface area is 233 Å². The highest BCUT2D eigenvalue weighted by Crippen LogP contribution is 2.36. The van der Waals surface area contributed by atoms with Crippen LogP contribution in [-0.2, 0) is 25.6 Å². The topological polar surface area (TPSA) is 112 Å². The minimum Gasteiger partial charge on any atom is -0.355 e. The number of fused-ring (bicyclic) bond motifs is 3. The number of carbonyl (C=O) groups is 2. The van der Waals surface area contributed by atoms with E-state index >= 15 is 0 Å². The Bertz CT molecular complexity index is 1770. The molecule has 2 amide bonds. The maximum atomic E-state index is 13.8. The number of amides is 2. The first-order chi connectivity index (χ1) is 19.0. The Kier molecular flexibility index (Phi) is 6.97. The lowest BCUT2D eigenvalue weighted by Crippen LogP contribution is -2.41. The van der Waals surface area contributed by atoms with Crippen LogP contribution in [0.2, 0.25) is 0 Å². The van der Waals surface area contributed by atoms with Crippen LogP contribution in [0, 0.1) is 11.3 Å². The third kappa shape index (κ3) is 4.64. The van der Waals surface area contributed by atoms with E-state index in [0.29, 0.717) is 33.7 Å². The van der Waals surface area contributed by atoms with Gasteiger partial charge in [-0.3, -0.25) is 19.0 Å². The van der Waals surface area contributed by atoms with Gasteiger partial charge in [0.15, 0.2) is 0 Å². The van der Waals surface area contributed by atoms with Gasteiger partial charge >= 0.3 is 6.18 Å². The predicted molar refractivity (Wildman–Crippen MR) is 141 cm³/mol. The Morgan fingerprint density at radius 3 is 2.50 bits per heavy atom. The molecule has 1 aliphatic heterocycles. The van der Waals surface area contributed by atoms with Gasteiger partial charge in [-0.15, -0.1) is 0 Å². The van der Waals surface area contributed by atoms with Crippen molar-refractivity contribution in [2.45, 2.75) is 25.6 Å². The summed E-state index contributed by atoms with van der Waals surface area (Å²) < 4.78 is 43.0. The molecule has 2 aromatic carbocycles. The fourth-order valence-corrected chi connectivity index (χ4v) is 5.27. The minimum absolute atomic E-state index is 0.0419. The van der Waals surface area contributed by atoms with Gasteiger partial charge in [-0.2, -0.15) is 23.5 Å². The van der Waals surface area contributed by atoms with Crippen molar-refractivity contribution < 1.29 is 22.8 Å². The molecule has 1 N–H and O–H groups in total. The van der Waals surface area contributed by atoms with Crippen molar-refractivity contribution >= 4 is 33.4 Å². The Balaban J connectivity index is 1.60. The lowest BCUT2D eigenvalue weighted by molar-refractivity contribution is -0.138. The second kappa shape index (κ2) is 10.3. The van der Waals surface area contributed by atoms with Gasteiger partial charge in [-0.25, -0.2) is 4.52 Å². The van der Waals surface area contributed by atoms with E-state index in [1.54, 1.807) is 24.3 Å². The summed E-state index contributed by atoms with van der Waals surface area (Å²) in [5.41, 5.74) is 1.000. The molecule has 5 rings (SSSR count). The highest BCUT2D eigenvalue weighted by Gasteiger charge is 2.35. The molecule has 9 nitrogen and oxygen atoms in total. The van der Waals surface area contributed by atoms with E-state index in [9.17, 15) is 32.8 Å². The molecule has 0 fully saturated rings. The number of aromatic nitrogens is 3. The summed E-state index contributed by atoms with van der Waals surface area (Å²) in [4.78, 5) is 40.5. The number of rotatable bonds is 4. The molecule has 204 valence electrons. The Hall–Kier alpha value is -4.44. The molecule has 2 aromatic heterocycles. The van der Waals surface area contributed by atoms with Crippen LogP contribution in [0.25, 0.3) is 11.3 Å². The number of nitrogens with one attached hydrogen (secondary N) is 1. The molecule has 40 heavy (non-hydrogen) atoms. The molecule has 0 saturated heterocycles.